The second-order valence-electron chi connectivity index (χ2n) is 4.01. The summed E-state index contributed by atoms with van der Waals surface area (Å²) in [4.78, 5) is 22.7. The zero-order valence-corrected chi connectivity index (χ0v) is 11.5. The molecule has 2 N–H and O–H groups in total. The van der Waals surface area contributed by atoms with Gasteiger partial charge in [0, 0.05) is 0 Å². The first-order valence-corrected chi connectivity index (χ1v) is 6.72. The van der Waals surface area contributed by atoms with E-state index in [2.05, 4.69) is 5.32 Å². The summed E-state index contributed by atoms with van der Waals surface area (Å²) in [6.45, 7) is 1.53. The number of carbonyl (C=O) groups excluding carboxylic acids is 1. The van der Waals surface area contributed by atoms with Crippen LogP contribution in [-0.4, -0.2) is 23.6 Å². The van der Waals surface area contributed by atoms with Crippen molar-refractivity contribution in [2.45, 2.75) is 13.0 Å². The Morgan fingerprint density at radius 3 is 2.95 bits per heavy atom. The minimum Gasteiger partial charge on any atom is -0.482 e. The number of carboxylic acid groups (broad SMARTS) is 1. The molecule has 2 rings (SSSR count). The van der Waals surface area contributed by atoms with E-state index in [1.165, 1.54) is 12.3 Å². The van der Waals surface area contributed by atoms with Crippen molar-refractivity contribution in [1.29, 1.82) is 0 Å². The molecular formula is C13H13NO5S. The molecule has 6 nitrogen and oxygen atoms in total. The van der Waals surface area contributed by atoms with Gasteiger partial charge in [-0.05, 0) is 30.5 Å². The van der Waals surface area contributed by atoms with Crippen LogP contribution in [0.4, 0.5) is 0 Å². The number of amides is 1. The first-order valence-electron chi connectivity index (χ1n) is 5.84. The van der Waals surface area contributed by atoms with Crippen molar-refractivity contribution in [2.24, 2.45) is 0 Å². The van der Waals surface area contributed by atoms with Gasteiger partial charge >= 0.3 is 5.97 Å². The van der Waals surface area contributed by atoms with Crippen molar-refractivity contribution in [3.05, 3.63) is 40.5 Å². The van der Waals surface area contributed by atoms with Crippen LogP contribution in [0.5, 0.6) is 5.75 Å². The number of nitrogens with one attached hydrogen (secondary N) is 1. The van der Waals surface area contributed by atoms with Gasteiger partial charge in [-0.15, -0.1) is 11.3 Å². The number of carboxylic acids is 1. The minimum absolute atomic E-state index is 0.0804. The molecule has 7 heteroatoms. The standard InChI is InChI=1S/C13H13NO5S/c1-8(9-3-2-5-18-9)14-11(15)7-19-10-4-6-20-12(10)13(16)17/h2-6,8H,7H2,1H3,(H,14,15)(H,16,17). The largest absolute Gasteiger partial charge is 0.482 e. The van der Waals surface area contributed by atoms with Gasteiger partial charge in [-0.25, -0.2) is 4.79 Å². The molecule has 1 unspecified atom stereocenters. The highest BCUT2D eigenvalue weighted by Gasteiger charge is 2.16. The molecule has 0 aliphatic rings. The second kappa shape index (κ2) is 6.25. The molecule has 106 valence electrons. The molecule has 0 aliphatic heterocycles. The third kappa shape index (κ3) is 3.39. The lowest BCUT2D eigenvalue weighted by Gasteiger charge is -2.11. The van der Waals surface area contributed by atoms with Crippen molar-refractivity contribution >= 4 is 23.2 Å². The Bertz CT molecular complexity index is 590. The van der Waals surface area contributed by atoms with E-state index in [4.69, 9.17) is 14.3 Å². The highest BCUT2D eigenvalue weighted by Crippen LogP contribution is 2.24. The predicted octanol–water partition coefficient (Wildman–Crippen LogP) is 2.30. The Balaban J connectivity index is 1.86. The fourth-order valence-electron chi connectivity index (χ4n) is 1.60. The molecule has 0 radical (unpaired) electrons. The van der Waals surface area contributed by atoms with E-state index in [1.807, 2.05) is 0 Å². The van der Waals surface area contributed by atoms with Crippen molar-refractivity contribution in [2.75, 3.05) is 6.61 Å². The summed E-state index contributed by atoms with van der Waals surface area (Å²) in [5, 5.41) is 13.2. The second-order valence-corrected chi connectivity index (χ2v) is 4.93. The van der Waals surface area contributed by atoms with Gasteiger partial charge in [0.25, 0.3) is 5.91 Å². The molecule has 0 aromatic carbocycles. The highest BCUT2D eigenvalue weighted by molar-refractivity contribution is 7.12. The van der Waals surface area contributed by atoms with Crippen LogP contribution in [0, 0.1) is 0 Å². The third-order valence-corrected chi connectivity index (χ3v) is 3.41. The van der Waals surface area contributed by atoms with Crippen LogP contribution in [0.1, 0.15) is 28.4 Å². The maximum absolute atomic E-state index is 11.7. The van der Waals surface area contributed by atoms with Crippen LogP contribution in [0.25, 0.3) is 0 Å². The smallest absolute Gasteiger partial charge is 0.349 e. The Labute approximate surface area is 119 Å². The van der Waals surface area contributed by atoms with E-state index in [-0.39, 0.29) is 29.2 Å². The number of furan rings is 1. The Morgan fingerprint density at radius 1 is 1.50 bits per heavy atom. The third-order valence-electron chi connectivity index (χ3n) is 2.53. The number of aromatic carboxylic acids is 1. The lowest BCUT2D eigenvalue weighted by molar-refractivity contribution is -0.123. The average molecular weight is 295 g/mol. The van der Waals surface area contributed by atoms with Crippen LogP contribution < -0.4 is 10.1 Å². The van der Waals surface area contributed by atoms with Gasteiger partial charge in [-0.1, -0.05) is 0 Å². The maximum atomic E-state index is 11.7. The fraction of sp³-hybridized carbons (Fsp3) is 0.231. The van der Waals surface area contributed by atoms with Crippen LogP contribution in [0.2, 0.25) is 0 Å². The van der Waals surface area contributed by atoms with Crippen LogP contribution in [0.3, 0.4) is 0 Å². The lowest BCUT2D eigenvalue weighted by atomic mass is 10.2. The first-order chi connectivity index (χ1) is 9.58. The van der Waals surface area contributed by atoms with Gasteiger partial charge < -0.3 is 19.6 Å². The molecule has 0 saturated heterocycles. The summed E-state index contributed by atoms with van der Waals surface area (Å²) in [5.74, 6) is -0.584. The SMILES string of the molecule is CC(NC(=O)COc1ccsc1C(=O)O)c1ccco1. The lowest BCUT2D eigenvalue weighted by Crippen LogP contribution is -2.31. The summed E-state index contributed by atoms with van der Waals surface area (Å²) in [7, 11) is 0. The normalized spacial score (nSPS) is 11.8. The van der Waals surface area contributed by atoms with Crippen LogP contribution in [-0.2, 0) is 4.79 Å². The highest BCUT2D eigenvalue weighted by atomic mass is 32.1. The van der Waals surface area contributed by atoms with Gasteiger partial charge in [0.05, 0.1) is 12.3 Å². The van der Waals surface area contributed by atoms with Crippen LogP contribution in [0.15, 0.2) is 34.3 Å². The number of rotatable bonds is 6. The van der Waals surface area contributed by atoms with Crippen molar-refractivity contribution < 1.29 is 23.8 Å². The van der Waals surface area contributed by atoms with Crippen molar-refractivity contribution in [3.63, 3.8) is 0 Å². The summed E-state index contributed by atoms with van der Waals surface area (Å²) in [6.07, 6.45) is 1.53. The summed E-state index contributed by atoms with van der Waals surface area (Å²) in [6, 6.07) is 4.74. The summed E-state index contributed by atoms with van der Waals surface area (Å²) in [5.41, 5.74) is 0. The quantitative estimate of drug-likeness (QED) is 0.853. The monoisotopic (exact) mass is 295 g/mol. The average Bonchev–Trinajstić information content (AvgIpc) is 3.07. The van der Waals surface area contributed by atoms with Crippen molar-refractivity contribution in [1.82, 2.24) is 5.32 Å². The molecule has 2 aromatic rings. The van der Waals surface area contributed by atoms with Gasteiger partial charge in [0.1, 0.15) is 11.5 Å². The van der Waals surface area contributed by atoms with Gasteiger partial charge in [-0.3, -0.25) is 4.79 Å². The van der Waals surface area contributed by atoms with E-state index >= 15 is 0 Å². The van der Waals surface area contributed by atoms with Crippen LogP contribution >= 0.6 is 11.3 Å². The Morgan fingerprint density at radius 2 is 2.30 bits per heavy atom. The molecule has 2 aromatic heterocycles. The van der Waals surface area contributed by atoms with E-state index in [0.717, 1.165) is 11.3 Å². The zero-order valence-electron chi connectivity index (χ0n) is 10.7. The number of hydrogen-bond acceptors (Lipinski definition) is 5. The fourth-order valence-corrected chi connectivity index (χ4v) is 2.27. The Kier molecular flexibility index (Phi) is 4.41. The number of carbonyl (C=O) groups is 2. The minimum atomic E-state index is -1.07. The van der Waals surface area contributed by atoms with E-state index in [9.17, 15) is 9.59 Å². The summed E-state index contributed by atoms with van der Waals surface area (Å²) < 4.78 is 10.4. The predicted molar refractivity (Wildman–Crippen MR) is 72.0 cm³/mol. The molecule has 0 spiro atoms. The molecule has 0 aliphatic carbocycles. The zero-order chi connectivity index (χ0) is 14.5. The number of ether oxygens (including phenoxy) is 1. The molecule has 2 heterocycles. The van der Waals surface area contributed by atoms with E-state index in [0.29, 0.717) is 5.76 Å². The molecule has 0 fully saturated rings. The molecule has 0 saturated carbocycles. The number of thiophene rings is 1. The summed E-state index contributed by atoms with van der Waals surface area (Å²) >= 11 is 1.05. The molecule has 20 heavy (non-hydrogen) atoms. The van der Waals surface area contributed by atoms with E-state index < -0.39 is 5.97 Å². The van der Waals surface area contributed by atoms with Gasteiger partial charge in [0.2, 0.25) is 0 Å². The van der Waals surface area contributed by atoms with E-state index in [1.54, 1.807) is 24.4 Å². The molecule has 0 bridgehead atoms. The van der Waals surface area contributed by atoms with Crippen molar-refractivity contribution in [3.8, 4) is 5.75 Å². The topological polar surface area (TPSA) is 88.8 Å². The Hall–Kier alpha value is -2.28. The van der Waals surface area contributed by atoms with Gasteiger partial charge in [-0.2, -0.15) is 0 Å². The maximum Gasteiger partial charge on any atom is 0.349 e. The molecule has 1 atom stereocenters. The van der Waals surface area contributed by atoms with Gasteiger partial charge in [0.15, 0.2) is 11.5 Å². The number of hydrogen-bond donors (Lipinski definition) is 2. The molecule has 1 amide bonds. The first kappa shape index (κ1) is 14.1. The molecular weight excluding hydrogens is 282 g/mol.